The number of aromatic nitrogens is 3. The molecule has 2 rings (SSSR count). The van der Waals surface area contributed by atoms with E-state index in [1.807, 2.05) is 0 Å². The first-order chi connectivity index (χ1) is 8.08. The summed E-state index contributed by atoms with van der Waals surface area (Å²) >= 11 is 3.03. The summed E-state index contributed by atoms with van der Waals surface area (Å²) in [6.07, 6.45) is 1.35. The van der Waals surface area contributed by atoms with E-state index in [2.05, 4.69) is 31.2 Å². The van der Waals surface area contributed by atoms with Crippen molar-refractivity contribution in [2.75, 3.05) is 0 Å². The summed E-state index contributed by atoms with van der Waals surface area (Å²) in [7, 11) is 0. The SMILES string of the molecule is O=c1[nH]nc(Br)n1/N=C/c1ccc(O)c(O)c1. The van der Waals surface area contributed by atoms with Crippen LogP contribution in [0.2, 0.25) is 0 Å². The summed E-state index contributed by atoms with van der Waals surface area (Å²) in [4.78, 5) is 11.2. The first-order valence-electron chi connectivity index (χ1n) is 4.47. The molecule has 0 aliphatic heterocycles. The molecule has 1 heterocycles. The third-order valence-electron chi connectivity index (χ3n) is 1.93. The van der Waals surface area contributed by atoms with Crippen molar-refractivity contribution < 1.29 is 10.2 Å². The highest BCUT2D eigenvalue weighted by Crippen LogP contribution is 2.23. The zero-order valence-electron chi connectivity index (χ0n) is 8.33. The Labute approximate surface area is 103 Å². The molecule has 0 amide bonds. The molecule has 0 saturated carbocycles. The molecule has 1 aromatic heterocycles. The van der Waals surface area contributed by atoms with Crippen LogP contribution in [-0.4, -0.2) is 31.3 Å². The lowest BCUT2D eigenvalue weighted by molar-refractivity contribution is 0.403. The Bertz CT molecular complexity index is 631. The molecule has 1 aromatic carbocycles. The second-order valence-electron chi connectivity index (χ2n) is 3.10. The van der Waals surface area contributed by atoms with Crippen LogP contribution in [0.3, 0.4) is 0 Å². The van der Waals surface area contributed by atoms with Gasteiger partial charge in [-0.05, 0) is 39.7 Å². The van der Waals surface area contributed by atoms with E-state index in [9.17, 15) is 9.90 Å². The van der Waals surface area contributed by atoms with Gasteiger partial charge in [-0.1, -0.05) is 0 Å². The van der Waals surface area contributed by atoms with Crippen molar-refractivity contribution in [1.29, 1.82) is 0 Å². The van der Waals surface area contributed by atoms with Gasteiger partial charge in [-0.3, -0.25) is 0 Å². The quantitative estimate of drug-likeness (QED) is 0.559. The van der Waals surface area contributed by atoms with Crippen molar-refractivity contribution in [3.05, 3.63) is 39.0 Å². The molecule has 0 unspecified atom stereocenters. The van der Waals surface area contributed by atoms with Crippen molar-refractivity contribution in [3.63, 3.8) is 0 Å². The Balaban J connectivity index is 2.32. The van der Waals surface area contributed by atoms with Crippen molar-refractivity contribution in [1.82, 2.24) is 14.9 Å². The summed E-state index contributed by atoms with van der Waals surface area (Å²) in [5.74, 6) is -0.476. The van der Waals surface area contributed by atoms with Gasteiger partial charge in [-0.15, -0.1) is 5.10 Å². The van der Waals surface area contributed by atoms with Crippen LogP contribution in [-0.2, 0) is 0 Å². The first kappa shape index (κ1) is 11.4. The summed E-state index contributed by atoms with van der Waals surface area (Å²) in [6, 6.07) is 4.18. The normalized spacial score (nSPS) is 11.1. The summed E-state index contributed by atoms with van der Waals surface area (Å²) in [5.41, 5.74) is 0.0384. The predicted octanol–water partition coefficient (Wildman–Crippen LogP) is 0.627. The fourth-order valence-corrected chi connectivity index (χ4v) is 1.46. The van der Waals surface area contributed by atoms with Crippen molar-refractivity contribution in [2.45, 2.75) is 0 Å². The van der Waals surface area contributed by atoms with E-state index >= 15 is 0 Å². The summed E-state index contributed by atoms with van der Waals surface area (Å²) < 4.78 is 1.24. The maximum atomic E-state index is 11.2. The van der Waals surface area contributed by atoms with E-state index in [0.717, 1.165) is 4.68 Å². The fourth-order valence-electron chi connectivity index (χ4n) is 1.12. The Morgan fingerprint density at radius 2 is 2.18 bits per heavy atom. The van der Waals surface area contributed by atoms with Gasteiger partial charge in [0.2, 0.25) is 4.73 Å². The van der Waals surface area contributed by atoms with E-state index in [1.54, 1.807) is 0 Å². The number of rotatable bonds is 2. The molecule has 0 bridgehead atoms. The molecule has 2 aromatic rings. The van der Waals surface area contributed by atoms with E-state index in [-0.39, 0.29) is 16.2 Å². The Hall–Kier alpha value is -2.09. The molecule has 17 heavy (non-hydrogen) atoms. The van der Waals surface area contributed by atoms with Gasteiger partial charge < -0.3 is 10.2 Å². The minimum Gasteiger partial charge on any atom is -0.504 e. The zero-order chi connectivity index (χ0) is 12.4. The molecule has 88 valence electrons. The number of phenols is 2. The monoisotopic (exact) mass is 298 g/mol. The molecule has 7 nitrogen and oxygen atoms in total. The summed E-state index contributed by atoms with van der Waals surface area (Å²) in [6.45, 7) is 0. The van der Waals surface area contributed by atoms with Gasteiger partial charge in [0.25, 0.3) is 0 Å². The molecule has 0 radical (unpaired) electrons. The van der Waals surface area contributed by atoms with Crippen LogP contribution >= 0.6 is 15.9 Å². The van der Waals surface area contributed by atoms with Crippen LogP contribution in [0.25, 0.3) is 0 Å². The predicted molar refractivity (Wildman–Crippen MR) is 63.3 cm³/mol. The highest BCUT2D eigenvalue weighted by molar-refractivity contribution is 9.10. The van der Waals surface area contributed by atoms with Gasteiger partial charge >= 0.3 is 5.69 Å². The second-order valence-corrected chi connectivity index (χ2v) is 3.81. The molecule has 0 atom stereocenters. The average Bonchev–Trinajstić information content (AvgIpc) is 2.61. The Morgan fingerprint density at radius 3 is 2.76 bits per heavy atom. The number of aromatic hydroxyl groups is 2. The van der Waals surface area contributed by atoms with Crippen LogP contribution in [0, 0.1) is 0 Å². The molecular weight excluding hydrogens is 292 g/mol. The minimum absolute atomic E-state index is 0.219. The third-order valence-corrected chi connectivity index (χ3v) is 2.45. The van der Waals surface area contributed by atoms with Crippen LogP contribution in [0.4, 0.5) is 0 Å². The van der Waals surface area contributed by atoms with Crippen LogP contribution < -0.4 is 5.69 Å². The minimum atomic E-state index is -0.490. The first-order valence-corrected chi connectivity index (χ1v) is 5.26. The maximum absolute atomic E-state index is 11.2. The largest absolute Gasteiger partial charge is 0.504 e. The molecule has 0 saturated heterocycles. The highest BCUT2D eigenvalue weighted by atomic mass is 79.9. The topological polar surface area (TPSA) is 104 Å². The van der Waals surface area contributed by atoms with Gasteiger partial charge in [0.1, 0.15) is 0 Å². The van der Waals surface area contributed by atoms with Crippen molar-refractivity contribution in [2.24, 2.45) is 5.10 Å². The lowest BCUT2D eigenvalue weighted by Crippen LogP contribution is -2.12. The van der Waals surface area contributed by atoms with E-state index in [4.69, 9.17) is 5.11 Å². The average molecular weight is 299 g/mol. The molecule has 3 N–H and O–H groups in total. The highest BCUT2D eigenvalue weighted by Gasteiger charge is 2.02. The van der Waals surface area contributed by atoms with E-state index in [0.29, 0.717) is 5.56 Å². The van der Waals surface area contributed by atoms with Crippen LogP contribution in [0.5, 0.6) is 11.5 Å². The number of phenolic OH excluding ortho intramolecular Hbond substituents is 2. The number of aromatic amines is 1. The fraction of sp³-hybridized carbons (Fsp3) is 0. The number of nitrogens with one attached hydrogen (secondary N) is 1. The lowest BCUT2D eigenvalue weighted by Gasteiger charge is -1.98. The third kappa shape index (κ3) is 2.36. The van der Waals surface area contributed by atoms with Crippen LogP contribution in [0.15, 0.2) is 32.8 Å². The standard InChI is InChI=1S/C9H7BrN4O3/c10-8-12-13-9(17)14(8)11-4-5-1-2-6(15)7(16)3-5/h1-4,15-16H,(H,13,17)/b11-4+. The second kappa shape index (κ2) is 4.42. The molecule has 8 heteroatoms. The molecule has 0 aliphatic rings. The summed E-state index contributed by atoms with van der Waals surface area (Å²) in [5, 5.41) is 28.0. The van der Waals surface area contributed by atoms with E-state index < -0.39 is 5.69 Å². The smallest absolute Gasteiger partial charge is 0.365 e. The Morgan fingerprint density at radius 1 is 1.41 bits per heavy atom. The van der Waals surface area contributed by atoms with Crippen LogP contribution in [0.1, 0.15) is 5.56 Å². The molecule has 0 spiro atoms. The number of hydrogen-bond acceptors (Lipinski definition) is 5. The number of hydrogen-bond donors (Lipinski definition) is 3. The number of halogens is 1. The maximum Gasteiger partial charge on any atom is 0.365 e. The number of nitrogens with zero attached hydrogens (tertiary/aromatic N) is 3. The zero-order valence-corrected chi connectivity index (χ0v) is 9.92. The molecule has 0 fully saturated rings. The number of benzene rings is 1. The molecular formula is C9H7BrN4O3. The van der Waals surface area contributed by atoms with Gasteiger partial charge in [0.05, 0.1) is 6.21 Å². The van der Waals surface area contributed by atoms with Crippen molar-refractivity contribution in [3.8, 4) is 11.5 Å². The van der Waals surface area contributed by atoms with Gasteiger partial charge in [-0.2, -0.15) is 9.78 Å². The van der Waals surface area contributed by atoms with Gasteiger partial charge in [0.15, 0.2) is 11.5 Å². The van der Waals surface area contributed by atoms with Gasteiger partial charge in [0, 0.05) is 0 Å². The lowest BCUT2D eigenvalue weighted by atomic mass is 10.2. The van der Waals surface area contributed by atoms with Gasteiger partial charge in [-0.25, -0.2) is 9.89 Å². The van der Waals surface area contributed by atoms with E-state index in [1.165, 1.54) is 24.4 Å². The molecule has 0 aliphatic carbocycles. The number of H-pyrrole nitrogens is 1. The Kier molecular flexibility index (Phi) is 2.96. The van der Waals surface area contributed by atoms with Crippen molar-refractivity contribution >= 4 is 22.1 Å².